The molecule has 12 atom stereocenters. The molecule has 5 aliphatic rings. The van der Waals surface area contributed by atoms with Crippen molar-refractivity contribution in [1.82, 2.24) is 10.2 Å². The van der Waals surface area contributed by atoms with E-state index < -0.39 is 23.0 Å². The minimum atomic E-state index is -0.727. The van der Waals surface area contributed by atoms with E-state index in [1.165, 1.54) is 0 Å². The summed E-state index contributed by atoms with van der Waals surface area (Å²) < 4.78 is 12.4. The second-order valence-electron chi connectivity index (χ2n) is 13.9. The van der Waals surface area contributed by atoms with Gasteiger partial charge < -0.3 is 14.4 Å². The summed E-state index contributed by atoms with van der Waals surface area (Å²) in [5.74, 6) is 0.338. The molecule has 0 aromatic carbocycles. The smallest absolute Gasteiger partial charge is 0.414 e. The van der Waals surface area contributed by atoms with Crippen molar-refractivity contribution in [1.29, 1.82) is 0 Å². The van der Waals surface area contributed by atoms with Crippen LogP contribution in [0.5, 0.6) is 0 Å². The average molecular weight is 529 g/mol. The maximum absolute atomic E-state index is 14.4. The summed E-state index contributed by atoms with van der Waals surface area (Å²) in [6, 6.07) is 0. The van der Waals surface area contributed by atoms with E-state index in [1.54, 1.807) is 7.11 Å². The third kappa shape index (κ3) is 3.93. The van der Waals surface area contributed by atoms with Crippen LogP contribution < -0.4 is 5.32 Å². The highest BCUT2D eigenvalue weighted by atomic mass is 16.6. The highest BCUT2D eigenvalue weighted by Gasteiger charge is 2.69. The van der Waals surface area contributed by atoms with E-state index in [4.69, 9.17) is 9.47 Å². The Hall–Kier alpha value is -1.73. The fourth-order valence-corrected chi connectivity index (χ4v) is 9.71. The number of hydrogen-bond donors (Lipinski definition) is 1. The monoisotopic (exact) mass is 528 g/mol. The van der Waals surface area contributed by atoms with E-state index in [1.807, 2.05) is 19.9 Å². The highest BCUT2D eigenvalue weighted by molar-refractivity contribution is 5.94. The van der Waals surface area contributed by atoms with Gasteiger partial charge in [-0.1, -0.05) is 40.7 Å². The van der Waals surface area contributed by atoms with Gasteiger partial charge in [-0.2, -0.15) is 0 Å². The van der Waals surface area contributed by atoms with E-state index in [-0.39, 0.29) is 52.8 Å². The molecule has 2 heterocycles. The van der Waals surface area contributed by atoms with Crippen LogP contribution >= 0.6 is 0 Å². The fraction of sp³-hybridized carbons (Fsp3) is 0.839. The van der Waals surface area contributed by atoms with Crippen molar-refractivity contribution < 1.29 is 23.9 Å². The molecule has 5 unspecified atom stereocenters. The van der Waals surface area contributed by atoms with Gasteiger partial charge in [0.1, 0.15) is 11.9 Å². The zero-order valence-corrected chi connectivity index (χ0v) is 24.3. The Kier molecular flexibility index (Phi) is 7.12. The molecule has 0 aromatic heterocycles. The molecule has 0 aromatic rings. The summed E-state index contributed by atoms with van der Waals surface area (Å²) in [6.45, 7) is 17.5. The first-order valence-electron chi connectivity index (χ1n) is 14.9. The zero-order valence-electron chi connectivity index (χ0n) is 24.3. The number of hydrogen-bond acceptors (Lipinski definition) is 6. The molecule has 7 nitrogen and oxygen atoms in total. The lowest BCUT2D eigenvalue weighted by Crippen LogP contribution is -2.64. The fourth-order valence-electron chi connectivity index (χ4n) is 9.71. The normalized spacial score (nSPS) is 48.5. The van der Waals surface area contributed by atoms with Crippen LogP contribution in [0.4, 0.5) is 4.79 Å². The number of nitrogens with zero attached hydrogens (tertiary/aromatic N) is 1. The number of carbonyl (C=O) groups excluding carboxylic acids is 3. The molecular weight excluding hydrogens is 480 g/mol. The Bertz CT molecular complexity index is 999. The van der Waals surface area contributed by atoms with Gasteiger partial charge in [-0.25, -0.2) is 4.79 Å². The second kappa shape index (κ2) is 9.72. The minimum Gasteiger partial charge on any atom is -0.445 e. The number of imide groups is 1. The van der Waals surface area contributed by atoms with E-state index >= 15 is 0 Å². The summed E-state index contributed by atoms with van der Waals surface area (Å²) >= 11 is 0. The quantitative estimate of drug-likeness (QED) is 0.514. The van der Waals surface area contributed by atoms with Crippen LogP contribution in [0.1, 0.15) is 73.1 Å². The van der Waals surface area contributed by atoms with Crippen molar-refractivity contribution >= 4 is 17.8 Å². The third-order valence-corrected chi connectivity index (χ3v) is 12.6. The number of methoxy groups -OCH3 is 1. The van der Waals surface area contributed by atoms with Crippen LogP contribution in [0, 0.1) is 51.8 Å². The number of Topliss-reactive ketones (excluding diaryl/α,β-unsaturated/α-hetero) is 1. The second-order valence-corrected chi connectivity index (χ2v) is 13.9. The number of piperidine rings is 1. The summed E-state index contributed by atoms with van der Waals surface area (Å²) in [5, 5.41) is 2.61. The Morgan fingerprint density at radius 3 is 2.47 bits per heavy atom. The van der Waals surface area contributed by atoms with Crippen LogP contribution in [0.3, 0.4) is 0 Å². The number of allylic oxidation sites excluding steroid dienone is 1. The van der Waals surface area contributed by atoms with Crippen molar-refractivity contribution in [2.24, 2.45) is 51.8 Å². The lowest BCUT2D eigenvalue weighted by molar-refractivity contribution is -0.194. The number of rotatable bonds is 5. The standard InChI is InChI=1S/C31H48N2O5/c1-8-18(2)29(5)15-24(38-28(36)32-27(35)22-17-33-14-11-21(22)16-33)30(6)19(3)9-12-31(20(4)26(29)34)13-10-23(37-7)25(30)31/h8,18-25H,1,9-17H2,2-7H3,(H,32,35,36)/t18?,19-,20+,21-,22+,23?,24-,25?,29+,30+,31?/m1/s1. The van der Waals surface area contributed by atoms with Gasteiger partial charge in [0.15, 0.2) is 0 Å². The van der Waals surface area contributed by atoms with Gasteiger partial charge in [0.05, 0.1) is 12.0 Å². The molecule has 0 spiro atoms. The van der Waals surface area contributed by atoms with E-state index in [2.05, 4.69) is 37.6 Å². The predicted octanol–water partition coefficient (Wildman–Crippen LogP) is 4.84. The molecule has 1 N–H and O–H groups in total. The SMILES string of the molecule is C=CC(C)[C@]1(C)C[C@@H](OC(=O)NC(=O)[C@H]2CN3CC[C@@H]2C3)[C@@]2(C)C3C(OC)CCC3(CC[C@H]2C)[C@@H](C)C1=O. The third-order valence-electron chi connectivity index (χ3n) is 12.6. The summed E-state index contributed by atoms with van der Waals surface area (Å²) in [6.07, 6.45) is 5.90. The molecule has 4 bridgehead atoms. The maximum atomic E-state index is 14.4. The first-order valence-corrected chi connectivity index (χ1v) is 14.9. The summed E-state index contributed by atoms with van der Waals surface area (Å²) in [7, 11) is 1.77. The number of carbonyl (C=O) groups is 3. The van der Waals surface area contributed by atoms with Crippen molar-refractivity contribution in [3.05, 3.63) is 12.7 Å². The molecule has 2 amide bonds. The van der Waals surface area contributed by atoms with E-state index in [0.717, 1.165) is 45.2 Å². The zero-order chi connectivity index (χ0) is 27.6. The van der Waals surface area contributed by atoms with Crippen LogP contribution in [-0.2, 0) is 19.1 Å². The molecule has 5 fully saturated rings. The topological polar surface area (TPSA) is 84.9 Å². The Balaban J connectivity index is 1.51. The number of fused-ring (bicyclic) bond motifs is 2. The number of alkyl carbamates (subject to hydrolysis) is 1. The molecule has 5 rings (SSSR count). The van der Waals surface area contributed by atoms with Gasteiger partial charge in [0.25, 0.3) is 0 Å². The Morgan fingerprint density at radius 1 is 1.16 bits per heavy atom. The molecule has 3 aliphatic carbocycles. The lowest BCUT2D eigenvalue weighted by Gasteiger charge is -2.62. The molecule has 0 radical (unpaired) electrons. The van der Waals surface area contributed by atoms with Gasteiger partial charge in [-0.05, 0) is 68.2 Å². The predicted molar refractivity (Wildman–Crippen MR) is 145 cm³/mol. The summed E-state index contributed by atoms with van der Waals surface area (Å²) in [5.41, 5.74) is -1.31. The van der Waals surface area contributed by atoms with Crippen molar-refractivity contribution in [2.45, 2.75) is 85.4 Å². The maximum Gasteiger partial charge on any atom is 0.414 e. The van der Waals surface area contributed by atoms with Crippen LogP contribution in [-0.4, -0.2) is 61.6 Å². The lowest BCUT2D eigenvalue weighted by atomic mass is 9.43. The molecular formula is C31H48N2O5. The number of nitrogens with one attached hydrogen (secondary N) is 1. The molecule has 7 heteroatoms. The van der Waals surface area contributed by atoms with Gasteiger partial charge in [-0.3, -0.25) is 14.9 Å². The highest BCUT2D eigenvalue weighted by Crippen LogP contribution is 2.69. The van der Waals surface area contributed by atoms with Gasteiger partial charge >= 0.3 is 6.09 Å². The van der Waals surface area contributed by atoms with Crippen molar-refractivity contribution in [3.8, 4) is 0 Å². The number of ether oxygens (including phenoxy) is 2. The Labute approximate surface area is 228 Å². The van der Waals surface area contributed by atoms with Crippen LogP contribution in [0.15, 0.2) is 12.7 Å². The minimum absolute atomic E-state index is 0.0121. The van der Waals surface area contributed by atoms with Gasteiger partial charge in [-0.15, -0.1) is 6.58 Å². The molecule has 2 aliphatic heterocycles. The van der Waals surface area contributed by atoms with Crippen molar-refractivity contribution in [2.75, 3.05) is 26.7 Å². The molecule has 3 saturated carbocycles. The van der Waals surface area contributed by atoms with Gasteiger partial charge in [0.2, 0.25) is 5.91 Å². The average Bonchev–Trinajstić information content (AvgIpc) is 3.63. The van der Waals surface area contributed by atoms with Crippen LogP contribution in [0.2, 0.25) is 0 Å². The molecule has 38 heavy (non-hydrogen) atoms. The summed E-state index contributed by atoms with van der Waals surface area (Å²) in [4.78, 5) is 43.2. The first-order chi connectivity index (χ1) is 17.9. The van der Waals surface area contributed by atoms with Crippen LogP contribution in [0.25, 0.3) is 0 Å². The van der Waals surface area contributed by atoms with E-state index in [9.17, 15) is 14.4 Å². The number of amides is 2. The Morgan fingerprint density at radius 2 is 1.87 bits per heavy atom. The first kappa shape index (κ1) is 27.8. The number of ketones is 1. The largest absolute Gasteiger partial charge is 0.445 e. The molecule has 2 saturated heterocycles. The van der Waals surface area contributed by atoms with Crippen molar-refractivity contribution in [3.63, 3.8) is 0 Å². The molecule has 212 valence electrons. The van der Waals surface area contributed by atoms with Gasteiger partial charge in [0, 0.05) is 42.9 Å². The van der Waals surface area contributed by atoms with E-state index in [0.29, 0.717) is 18.9 Å².